The smallest absolute Gasteiger partial charge is 0.336 e. The molecule has 0 bridgehead atoms. The molecule has 0 aromatic heterocycles. The van der Waals surface area contributed by atoms with Crippen molar-refractivity contribution in [3.8, 4) is 0 Å². The van der Waals surface area contributed by atoms with E-state index in [0.717, 1.165) is 6.07 Å². The lowest BCUT2D eigenvalue weighted by molar-refractivity contribution is 0.0692. The van der Waals surface area contributed by atoms with E-state index in [2.05, 4.69) is 0 Å². The zero-order chi connectivity index (χ0) is 12.3. The molecule has 0 saturated heterocycles. The number of hydrogen-bond donors (Lipinski definition) is 2. The molecule has 0 radical (unpaired) electrons. The Balaban J connectivity index is 2.99. The van der Waals surface area contributed by atoms with Gasteiger partial charge in [-0.3, -0.25) is 0 Å². The molecule has 1 aromatic carbocycles. The maximum Gasteiger partial charge on any atom is 0.336 e. The van der Waals surface area contributed by atoms with Crippen LogP contribution in [0.2, 0.25) is 0 Å². The van der Waals surface area contributed by atoms with Gasteiger partial charge in [-0.2, -0.15) is 0 Å². The maximum atomic E-state index is 12.9. The van der Waals surface area contributed by atoms with Crippen LogP contribution < -0.4 is 0 Å². The summed E-state index contributed by atoms with van der Waals surface area (Å²) in [4.78, 5) is 11.3. The third kappa shape index (κ3) is 3.21. The van der Waals surface area contributed by atoms with Crippen LogP contribution in [0.5, 0.6) is 0 Å². The van der Waals surface area contributed by atoms with Gasteiger partial charge in [-0.15, -0.1) is 11.8 Å². The summed E-state index contributed by atoms with van der Waals surface area (Å²) < 4.78 is 12.9. The molecule has 0 saturated carbocycles. The minimum Gasteiger partial charge on any atom is -0.478 e. The first-order valence-corrected chi connectivity index (χ1v) is 5.67. The molecule has 0 aliphatic carbocycles. The predicted molar refractivity (Wildman–Crippen MR) is 60.4 cm³/mol. The lowest BCUT2D eigenvalue weighted by atomic mass is 10.2. The Morgan fingerprint density at radius 3 is 2.56 bits per heavy atom. The van der Waals surface area contributed by atoms with Crippen LogP contribution in [0.15, 0.2) is 23.1 Å². The highest BCUT2D eigenvalue weighted by Gasteiger charge is 2.16. The van der Waals surface area contributed by atoms with Gasteiger partial charge in [0.25, 0.3) is 0 Å². The molecule has 2 N–H and O–H groups in total. The van der Waals surface area contributed by atoms with E-state index in [1.807, 2.05) is 0 Å². The molecule has 1 aromatic rings. The zero-order valence-corrected chi connectivity index (χ0v) is 9.79. The lowest BCUT2D eigenvalue weighted by Gasteiger charge is -2.15. The summed E-state index contributed by atoms with van der Waals surface area (Å²) in [7, 11) is 0. The van der Waals surface area contributed by atoms with Crippen molar-refractivity contribution in [3.05, 3.63) is 29.6 Å². The molecule has 5 heteroatoms. The van der Waals surface area contributed by atoms with E-state index in [-0.39, 0.29) is 10.8 Å². The fourth-order valence-corrected chi connectivity index (χ4v) is 2.09. The van der Waals surface area contributed by atoms with E-state index in [9.17, 15) is 14.3 Å². The number of benzene rings is 1. The van der Waals surface area contributed by atoms with Crippen molar-refractivity contribution < 1.29 is 19.4 Å². The van der Waals surface area contributed by atoms with E-state index >= 15 is 0 Å². The van der Waals surface area contributed by atoms with Crippen molar-refractivity contribution in [1.29, 1.82) is 0 Å². The highest BCUT2D eigenvalue weighted by Crippen LogP contribution is 2.29. The van der Waals surface area contributed by atoms with Gasteiger partial charge in [-0.05, 0) is 25.1 Å². The molecule has 0 heterocycles. The Kier molecular flexibility index (Phi) is 4.32. The minimum atomic E-state index is -1.17. The number of carboxylic acids is 1. The Bertz CT molecular complexity index is 393. The number of halogens is 1. The van der Waals surface area contributed by atoms with E-state index in [1.54, 1.807) is 13.8 Å². The lowest BCUT2D eigenvalue weighted by Crippen LogP contribution is -2.15. The first-order valence-electron chi connectivity index (χ1n) is 4.79. The van der Waals surface area contributed by atoms with Crippen LogP contribution >= 0.6 is 11.8 Å². The van der Waals surface area contributed by atoms with Crippen molar-refractivity contribution in [3.63, 3.8) is 0 Å². The SMILES string of the molecule is CC(O)C(C)Sc1ccc(F)cc1C(=O)O. The summed E-state index contributed by atoms with van der Waals surface area (Å²) in [6, 6.07) is 3.62. The number of thioether (sulfide) groups is 1. The fraction of sp³-hybridized carbons (Fsp3) is 0.364. The van der Waals surface area contributed by atoms with Gasteiger partial charge in [0, 0.05) is 10.1 Å². The van der Waals surface area contributed by atoms with Crippen molar-refractivity contribution in [2.45, 2.75) is 30.1 Å². The van der Waals surface area contributed by atoms with Gasteiger partial charge in [0.1, 0.15) is 5.82 Å². The number of rotatable bonds is 4. The Labute approximate surface area is 97.3 Å². The second kappa shape index (κ2) is 5.32. The summed E-state index contributed by atoms with van der Waals surface area (Å²) in [5.41, 5.74) is -0.0718. The first kappa shape index (κ1) is 13.0. The van der Waals surface area contributed by atoms with Gasteiger partial charge in [-0.25, -0.2) is 9.18 Å². The summed E-state index contributed by atoms with van der Waals surface area (Å²) in [5.74, 6) is -1.74. The standard InChI is InChI=1S/C11H13FO3S/c1-6(13)7(2)16-10-4-3-8(12)5-9(10)11(14)15/h3-7,13H,1-2H3,(H,14,15). The molecule has 16 heavy (non-hydrogen) atoms. The molecule has 1 rings (SSSR count). The molecule has 0 amide bonds. The monoisotopic (exact) mass is 244 g/mol. The molecule has 0 aliphatic heterocycles. The third-order valence-corrected chi connectivity index (χ3v) is 3.54. The second-order valence-electron chi connectivity index (χ2n) is 3.51. The largest absolute Gasteiger partial charge is 0.478 e. The Morgan fingerprint density at radius 1 is 1.44 bits per heavy atom. The number of aromatic carboxylic acids is 1. The molecule has 2 unspecified atom stereocenters. The average molecular weight is 244 g/mol. The number of hydrogen-bond acceptors (Lipinski definition) is 3. The molecular formula is C11H13FO3S. The van der Waals surface area contributed by atoms with Crippen LogP contribution in [0.25, 0.3) is 0 Å². The van der Waals surface area contributed by atoms with Crippen LogP contribution in [0.3, 0.4) is 0 Å². The molecule has 0 spiro atoms. The van der Waals surface area contributed by atoms with Gasteiger partial charge in [0.2, 0.25) is 0 Å². The number of carbonyl (C=O) groups is 1. The number of aliphatic hydroxyl groups is 1. The van der Waals surface area contributed by atoms with Crippen molar-refractivity contribution in [1.82, 2.24) is 0 Å². The van der Waals surface area contributed by atoms with E-state index in [1.165, 1.54) is 23.9 Å². The van der Waals surface area contributed by atoms with Crippen molar-refractivity contribution >= 4 is 17.7 Å². The van der Waals surface area contributed by atoms with Crippen LogP contribution in [0.4, 0.5) is 4.39 Å². The molecule has 0 aliphatic rings. The normalized spacial score (nSPS) is 14.5. The predicted octanol–water partition coefficient (Wildman–Crippen LogP) is 2.39. The Morgan fingerprint density at radius 2 is 2.06 bits per heavy atom. The van der Waals surface area contributed by atoms with Gasteiger partial charge in [0.15, 0.2) is 0 Å². The van der Waals surface area contributed by atoms with E-state index in [0.29, 0.717) is 4.90 Å². The van der Waals surface area contributed by atoms with Crippen LogP contribution in [0.1, 0.15) is 24.2 Å². The van der Waals surface area contributed by atoms with Crippen molar-refractivity contribution in [2.24, 2.45) is 0 Å². The van der Waals surface area contributed by atoms with E-state index in [4.69, 9.17) is 5.11 Å². The molecular weight excluding hydrogens is 231 g/mol. The van der Waals surface area contributed by atoms with Crippen molar-refractivity contribution in [2.75, 3.05) is 0 Å². The second-order valence-corrected chi connectivity index (χ2v) is 4.93. The van der Waals surface area contributed by atoms with Gasteiger partial charge < -0.3 is 10.2 Å². The summed E-state index contributed by atoms with van der Waals surface area (Å²) in [6.45, 7) is 3.41. The van der Waals surface area contributed by atoms with Crippen LogP contribution in [-0.4, -0.2) is 27.5 Å². The quantitative estimate of drug-likeness (QED) is 0.798. The summed E-state index contributed by atoms with van der Waals surface area (Å²) in [6.07, 6.45) is -0.559. The zero-order valence-electron chi connectivity index (χ0n) is 8.98. The minimum absolute atomic E-state index is 0.0718. The number of aliphatic hydroxyl groups excluding tert-OH is 1. The van der Waals surface area contributed by atoms with Crippen LogP contribution in [0, 0.1) is 5.82 Å². The molecule has 0 fully saturated rings. The van der Waals surface area contributed by atoms with Gasteiger partial charge >= 0.3 is 5.97 Å². The van der Waals surface area contributed by atoms with Gasteiger partial charge in [-0.1, -0.05) is 6.92 Å². The fourth-order valence-electron chi connectivity index (χ4n) is 1.07. The maximum absolute atomic E-state index is 12.9. The third-order valence-electron chi connectivity index (χ3n) is 2.16. The highest BCUT2D eigenvalue weighted by molar-refractivity contribution is 8.00. The topological polar surface area (TPSA) is 57.5 Å². The summed E-state index contributed by atoms with van der Waals surface area (Å²) in [5, 5.41) is 18.1. The average Bonchev–Trinajstić information content (AvgIpc) is 2.20. The first-order chi connectivity index (χ1) is 7.41. The molecule has 3 nitrogen and oxygen atoms in total. The van der Waals surface area contributed by atoms with E-state index < -0.39 is 17.9 Å². The summed E-state index contributed by atoms with van der Waals surface area (Å²) >= 11 is 1.22. The highest BCUT2D eigenvalue weighted by atomic mass is 32.2. The van der Waals surface area contributed by atoms with Gasteiger partial charge in [0.05, 0.1) is 11.7 Å². The molecule has 88 valence electrons. The number of carboxylic acid groups (broad SMARTS) is 1. The molecule has 2 atom stereocenters. The Hall–Kier alpha value is -1.07. The van der Waals surface area contributed by atoms with Crippen LogP contribution in [-0.2, 0) is 0 Å².